The molecule has 0 aromatic heterocycles. The van der Waals surface area contributed by atoms with Gasteiger partial charge in [-0.3, -0.25) is 0 Å². The highest BCUT2D eigenvalue weighted by Crippen LogP contribution is 2.45. The van der Waals surface area contributed by atoms with E-state index in [2.05, 4.69) is 43.4 Å². The molecule has 0 spiro atoms. The van der Waals surface area contributed by atoms with Gasteiger partial charge in [0.25, 0.3) is 0 Å². The predicted octanol–water partition coefficient (Wildman–Crippen LogP) is 3.78. The summed E-state index contributed by atoms with van der Waals surface area (Å²) in [6, 6.07) is 0. The highest BCUT2D eigenvalue weighted by Gasteiger charge is 2.33. The molecule has 0 amide bonds. The zero-order valence-corrected chi connectivity index (χ0v) is 9.36. The molecule has 0 heterocycles. The van der Waals surface area contributed by atoms with Gasteiger partial charge >= 0.3 is 0 Å². The first-order chi connectivity index (χ1) is 4.41. The van der Waals surface area contributed by atoms with Gasteiger partial charge in [-0.2, -0.15) is 0 Å². The molecule has 1 aliphatic rings. The van der Waals surface area contributed by atoms with Crippen molar-refractivity contribution in [3.63, 3.8) is 0 Å². The van der Waals surface area contributed by atoms with Crippen LogP contribution in [0.1, 0.15) is 46.5 Å². The molecule has 0 bridgehead atoms. The molecule has 0 radical (unpaired) electrons. The summed E-state index contributed by atoms with van der Waals surface area (Å²) in [4.78, 5) is 0. The third kappa shape index (κ3) is 2.40. The molecule has 1 heteroatoms. The summed E-state index contributed by atoms with van der Waals surface area (Å²) in [6.07, 6.45) is 5.65. The van der Waals surface area contributed by atoms with E-state index in [0.717, 1.165) is 0 Å². The number of hydrogen-bond acceptors (Lipinski definition) is 0. The molecule has 1 saturated carbocycles. The van der Waals surface area contributed by atoms with Crippen LogP contribution in [-0.2, 0) is 0 Å². The zero-order valence-electron chi connectivity index (χ0n) is 7.21. The summed E-state index contributed by atoms with van der Waals surface area (Å²) < 4.78 is 0.583. The van der Waals surface area contributed by atoms with Gasteiger partial charge in [-0.15, -0.1) is 0 Å². The molecule has 0 aromatic carbocycles. The molecule has 0 nitrogen and oxygen atoms in total. The molecule has 60 valence electrons. The van der Waals surface area contributed by atoms with Gasteiger partial charge < -0.3 is 0 Å². The molecule has 0 aromatic rings. The Morgan fingerprint density at radius 3 is 2.00 bits per heavy atom. The van der Waals surface area contributed by atoms with E-state index in [9.17, 15) is 0 Å². The summed E-state index contributed by atoms with van der Waals surface area (Å²) in [6.45, 7) is 7.17. The SMILES string of the molecule is CC1(C)CCCC(C)(I)C1. The van der Waals surface area contributed by atoms with Crippen LogP contribution in [0.3, 0.4) is 0 Å². The lowest BCUT2D eigenvalue weighted by atomic mass is 9.73. The third-order valence-electron chi connectivity index (χ3n) is 2.40. The van der Waals surface area contributed by atoms with E-state index in [1.807, 2.05) is 0 Å². The summed E-state index contributed by atoms with van der Waals surface area (Å²) >= 11 is 2.62. The Kier molecular flexibility index (Phi) is 2.34. The van der Waals surface area contributed by atoms with Gasteiger partial charge in [0.15, 0.2) is 0 Å². The molecule has 1 atom stereocenters. The van der Waals surface area contributed by atoms with Crippen LogP contribution in [0.2, 0.25) is 0 Å². The lowest BCUT2D eigenvalue weighted by Gasteiger charge is -2.39. The number of halogens is 1. The summed E-state index contributed by atoms with van der Waals surface area (Å²) in [5, 5.41) is 0. The zero-order chi connectivity index (χ0) is 7.83. The Morgan fingerprint density at radius 1 is 1.10 bits per heavy atom. The normalized spacial score (nSPS) is 39.6. The second-order valence-electron chi connectivity index (χ2n) is 4.61. The minimum atomic E-state index is 0.583. The third-order valence-corrected chi connectivity index (χ3v) is 3.32. The first-order valence-electron chi connectivity index (χ1n) is 4.10. The van der Waals surface area contributed by atoms with Crippen molar-refractivity contribution in [1.82, 2.24) is 0 Å². The summed E-state index contributed by atoms with van der Waals surface area (Å²) in [7, 11) is 0. The first-order valence-corrected chi connectivity index (χ1v) is 5.18. The van der Waals surface area contributed by atoms with Crippen LogP contribution in [0, 0.1) is 5.41 Å². The van der Waals surface area contributed by atoms with Crippen LogP contribution in [0.5, 0.6) is 0 Å². The van der Waals surface area contributed by atoms with Crippen molar-refractivity contribution in [2.24, 2.45) is 5.41 Å². The van der Waals surface area contributed by atoms with E-state index in [1.54, 1.807) is 0 Å². The maximum Gasteiger partial charge on any atom is 0.0199 e. The molecule has 1 unspecified atom stereocenters. The number of rotatable bonds is 0. The maximum atomic E-state index is 2.62. The van der Waals surface area contributed by atoms with Crippen LogP contribution >= 0.6 is 22.6 Å². The van der Waals surface area contributed by atoms with Crippen LogP contribution in [0.25, 0.3) is 0 Å². The highest BCUT2D eigenvalue weighted by molar-refractivity contribution is 14.1. The molecule has 1 aliphatic carbocycles. The second kappa shape index (κ2) is 2.65. The largest absolute Gasteiger partial charge is 0.0792 e. The lowest BCUT2D eigenvalue weighted by Crippen LogP contribution is -2.30. The fourth-order valence-electron chi connectivity index (χ4n) is 2.11. The Morgan fingerprint density at radius 2 is 1.70 bits per heavy atom. The summed E-state index contributed by atoms with van der Waals surface area (Å²) in [5.74, 6) is 0. The van der Waals surface area contributed by atoms with Gasteiger partial charge in [-0.05, 0) is 24.7 Å². The second-order valence-corrected chi connectivity index (χ2v) is 7.21. The average Bonchev–Trinajstić information content (AvgIpc) is 1.56. The molecule has 0 aliphatic heterocycles. The lowest BCUT2D eigenvalue weighted by molar-refractivity contribution is 0.219. The van der Waals surface area contributed by atoms with Crippen molar-refractivity contribution in [2.45, 2.75) is 49.9 Å². The predicted molar refractivity (Wildman–Crippen MR) is 54.7 cm³/mol. The van der Waals surface area contributed by atoms with E-state index >= 15 is 0 Å². The minimum Gasteiger partial charge on any atom is -0.0792 e. The van der Waals surface area contributed by atoms with Crippen LogP contribution in [0.4, 0.5) is 0 Å². The molecule has 0 saturated heterocycles. The van der Waals surface area contributed by atoms with Crippen LogP contribution < -0.4 is 0 Å². The highest BCUT2D eigenvalue weighted by atomic mass is 127. The van der Waals surface area contributed by atoms with E-state index in [4.69, 9.17) is 0 Å². The number of alkyl halides is 1. The molecule has 1 rings (SSSR count). The number of hydrogen-bond donors (Lipinski definition) is 0. The van der Waals surface area contributed by atoms with Crippen molar-refractivity contribution < 1.29 is 0 Å². The molecular weight excluding hydrogens is 235 g/mol. The van der Waals surface area contributed by atoms with Gasteiger partial charge in [0.2, 0.25) is 0 Å². The molecule has 1 fully saturated rings. The molecular formula is C9H17I. The maximum absolute atomic E-state index is 2.62. The van der Waals surface area contributed by atoms with Gasteiger partial charge in [0, 0.05) is 3.42 Å². The Hall–Kier alpha value is 0.730. The van der Waals surface area contributed by atoms with Crippen LogP contribution in [0.15, 0.2) is 0 Å². The Balaban J connectivity index is 2.56. The minimum absolute atomic E-state index is 0.583. The summed E-state index contributed by atoms with van der Waals surface area (Å²) in [5.41, 5.74) is 0.605. The molecule has 10 heavy (non-hydrogen) atoms. The van der Waals surface area contributed by atoms with Crippen molar-refractivity contribution in [3.05, 3.63) is 0 Å². The topological polar surface area (TPSA) is 0 Å². The van der Waals surface area contributed by atoms with Gasteiger partial charge in [0.05, 0.1) is 0 Å². The van der Waals surface area contributed by atoms with Crippen molar-refractivity contribution in [2.75, 3.05) is 0 Å². The fraction of sp³-hybridized carbons (Fsp3) is 1.00. The smallest absolute Gasteiger partial charge is 0.0199 e. The average molecular weight is 252 g/mol. The van der Waals surface area contributed by atoms with Gasteiger partial charge in [-0.25, -0.2) is 0 Å². The first kappa shape index (κ1) is 8.82. The van der Waals surface area contributed by atoms with Crippen molar-refractivity contribution in [1.29, 1.82) is 0 Å². The van der Waals surface area contributed by atoms with Crippen molar-refractivity contribution in [3.8, 4) is 0 Å². The van der Waals surface area contributed by atoms with Gasteiger partial charge in [0.1, 0.15) is 0 Å². The fourth-order valence-corrected chi connectivity index (χ4v) is 3.52. The molecule has 0 N–H and O–H groups in total. The Labute approximate surface area is 77.9 Å². The van der Waals surface area contributed by atoms with Gasteiger partial charge in [-0.1, -0.05) is 49.8 Å². The van der Waals surface area contributed by atoms with E-state index in [-0.39, 0.29) is 0 Å². The van der Waals surface area contributed by atoms with E-state index in [0.29, 0.717) is 8.84 Å². The van der Waals surface area contributed by atoms with Crippen molar-refractivity contribution >= 4 is 22.6 Å². The monoisotopic (exact) mass is 252 g/mol. The van der Waals surface area contributed by atoms with Crippen LogP contribution in [-0.4, -0.2) is 3.42 Å². The van der Waals surface area contributed by atoms with E-state index < -0.39 is 0 Å². The van der Waals surface area contributed by atoms with E-state index in [1.165, 1.54) is 25.7 Å². The quantitative estimate of drug-likeness (QED) is 0.454. The Bertz CT molecular complexity index is 111. The standard InChI is InChI=1S/C9H17I/c1-8(2)5-4-6-9(3,10)7-8/h4-7H2,1-3H3.